The second-order valence-corrected chi connectivity index (χ2v) is 6.12. The van der Waals surface area contributed by atoms with E-state index in [2.05, 4.69) is 21.6 Å². The lowest BCUT2D eigenvalue weighted by Gasteiger charge is -2.02. The Labute approximate surface area is 148 Å². The number of thioether (sulfide) groups is 1. The predicted molar refractivity (Wildman–Crippen MR) is 94.8 cm³/mol. The van der Waals surface area contributed by atoms with E-state index < -0.39 is 0 Å². The fourth-order valence-electron chi connectivity index (χ4n) is 2.18. The van der Waals surface area contributed by atoms with Crippen LogP contribution < -0.4 is 5.32 Å². The number of carbonyl (C=O) groups is 1. The molecule has 7 heteroatoms. The number of aromatic nitrogens is 2. The molecular formula is C18H14N4O2S. The zero-order valence-electron chi connectivity index (χ0n) is 13.4. The van der Waals surface area contributed by atoms with Crippen LogP contribution in [-0.2, 0) is 10.5 Å². The van der Waals surface area contributed by atoms with Gasteiger partial charge in [-0.05, 0) is 35.9 Å². The summed E-state index contributed by atoms with van der Waals surface area (Å²) >= 11 is 1.38. The third kappa shape index (κ3) is 4.25. The Balaban J connectivity index is 1.68. The van der Waals surface area contributed by atoms with Crippen LogP contribution in [0.2, 0.25) is 0 Å². The zero-order chi connectivity index (χ0) is 17.6. The summed E-state index contributed by atoms with van der Waals surface area (Å²) in [4.78, 5) is 11.0. The van der Waals surface area contributed by atoms with Crippen molar-refractivity contribution < 1.29 is 9.21 Å². The van der Waals surface area contributed by atoms with Crippen molar-refractivity contribution in [2.24, 2.45) is 0 Å². The van der Waals surface area contributed by atoms with E-state index in [4.69, 9.17) is 9.68 Å². The number of nitrogens with one attached hydrogen (secondary N) is 1. The van der Waals surface area contributed by atoms with Gasteiger partial charge in [0.1, 0.15) is 0 Å². The molecule has 25 heavy (non-hydrogen) atoms. The van der Waals surface area contributed by atoms with Gasteiger partial charge in [-0.1, -0.05) is 30.0 Å². The Bertz CT molecular complexity index is 929. The summed E-state index contributed by atoms with van der Waals surface area (Å²) in [7, 11) is 0. The monoisotopic (exact) mass is 350 g/mol. The van der Waals surface area contributed by atoms with E-state index in [0.29, 0.717) is 28.1 Å². The van der Waals surface area contributed by atoms with Gasteiger partial charge in [0.15, 0.2) is 0 Å². The highest BCUT2D eigenvalue weighted by atomic mass is 32.2. The highest BCUT2D eigenvalue weighted by Crippen LogP contribution is 2.27. The van der Waals surface area contributed by atoms with Gasteiger partial charge in [-0.25, -0.2) is 0 Å². The van der Waals surface area contributed by atoms with E-state index in [0.717, 1.165) is 11.1 Å². The first-order valence-electron chi connectivity index (χ1n) is 7.48. The molecule has 0 spiro atoms. The zero-order valence-corrected chi connectivity index (χ0v) is 14.2. The van der Waals surface area contributed by atoms with Gasteiger partial charge in [0.25, 0.3) is 5.22 Å². The number of nitriles is 1. The number of rotatable bonds is 5. The molecule has 0 fully saturated rings. The molecule has 0 aliphatic rings. The molecule has 124 valence electrons. The Morgan fingerprint density at radius 1 is 1.20 bits per heavy atom. The average Bonchev–Trinajstić information content (AvgIpc) is 3.09. The van der Waals surface area contributed by atoms with Crippen LogP contribution in [0.5, 0.6) is 0 Å². The van der Waals surface area contributed by atoms with Crippen LogP contribution in [0.4, 0.5) is 5.69 Å². The Morgan fingerprint density at radius 2 is 1.96 bits per heavy atom. The number of hydrogen-bond donors (Lipinski definition) is 1. The van der Waals surface area contributed by atoms with Crippen LogP contribution in [0.3, 0.4) is 0 Å². The summed E-state index contributed by atoms with van der Waals surface area (Å²) < 4.78 is 5.66. The van der Waals surface area contributed by atoms with Crippen molar-refractivity contribution in [1.82, 2.24) is 10.2 Å². The third-order valence-corrected chi connectivity index (χ3v) is 4.21. The smallest absolute Gasteiger partial charge is 0.277 e. The molecule has 6 nitrogen and oxygen atoms in total. The minimum absolute atomic E-state index is 0.123. The van der Waals surface area contributed by atoms with Gasteiger partial charge in [-0.2, -0.15) is 5.26 Å². The number of carbonyl (C=O) groups excluding carboxylic acids is 1. The normalized spacial score (nSPS) is 10.2. The first kappa shape index (κ1) is 16.7. The van der Waals surface area contributed by atoms with Crippen LogP contribution in [-0.4, -0.2) is 16.1 Å². The van der Waals surface area contributed by atoms with Crippen molar-refractivity contribution in [3.8, 4) is 17.5 Å². The number of nitrogens with zero attached hydrogens (tertiary/aromatic N) is 3. The molecule has 0 unspecified atom stereocenters. The molecular weight excluding hydrogens is 336 g/mol. The molecule has 1 N–H and O–H groups in total. The number of amides is 1. The van der Waals surface area contributed by atoms with E-state index in [-0.39, 0.29) is 5.91 Å². The number of hydrogen-bond acceptors (Lipinski definition) is 6. The van der Waals surface area contributed by atoms with Gasteiger partial charge in [-0.15, -0.1) is 10.2 Å². The summed E-state index contributed by atoms with van der Waals surface area (Å²) in [6.07, 6.45) is 0. The predicted octanol–water partition coefficient (Wildman–Crippen LogP) is 3.86. The van der Waals surface area contributed by atoms with E-state index in [9.17, 15) is 4.79 Å². The standard InChI is InChI=1S/C18H14N4O2S/c1-12(23)20-16-8-6-13(7-9-16)17-21-22-18(24-17)25-11-15-5-3-2-4-14(15)10-19/h2-9H,11H2,1H3,(H,20,23). The molecule has 3 rings (SSSR count). The number of anilines is 1. The quantitative estimate of drug-likeness (QED) is 0.703. The molecule has 0 bridgehead atoms. The summed E-state index contributed by atoms with van der Waals surface area (Å²) in [6.45, 7) is 1.46. The highest BCUT2D eigenvalue weighted by Gasteiger charge is 2.10. The minimum Gasteiger partial charge on any atom is -0.411 e. The Kier molecular flexibility index (Phi) is 5.11. The largest absolute Gasteiger partial charge is 0.411 e. The molecule has 1 aromatic heterocycles. The molecule has 0 radical (unpaired) electrons. The molecule has 0 aliphatic carbocycles. The van der Waals surface area contributed by atoms with Crippen molar-refractivity contribution in [1.29, 1.82) is 5.26 Å². The average molecular weight is 350 g/mol. The maximum atomic E-state index is 11.0. The van der Waals surface area contributed by atoms with Crippen LogP contribution in [0.25, 0.3) is 11.5 Å². The molecule has 0 aliphatic heterocycles. The van der Waals surface area contributed by atoms with Gasteiger partial charge in [0, 0.05) is 23.9 Å². The summed E-state index contributed by atoms with van der Waals surface area (Å²) in [5.41, 5.74) is 3.04. The molecule has 0 saturated carbocycles. The van der Waals surface area contributed by atoms with Crippen molar-refractivity contribution in [2.45, 2.75) is 17.9 Å². The van der Waals surface area contributed by atoms with Crippen LogP contribution >= 0.6 is 11.8 Å². The van der Waals surface area contributed by atoms with Gasteiger partial charge >= 0.3 is 0 Å². The first-order chi connectivity index (χ1) is 12.2. The van der Waals surface area contributed by atoms with E-state index in [1.807, 2.05) is 18.2 Å². The molecule has 1 amide bonds. The fourth-order valence-corrected chi connectivity index (χ4v) is 2.95. The summed E-state index contributed by atoms with van der Waals surface area (Å²) in [5, 5.41) is 20.3. The minimum atomic E-state index is -0.123. The lowest BCUT2D eigenvalue weighted by molar-refractivity contribution is -0.114. The molecule has 0 saturated heterocycles. The van der Waals surface area contributed by atoms with Crippen molar-refractivity contribution in [2.75, 3.05) is 5.32 Å². The molecule has 2 aromatic carbocycles. The fraction of sp³-hybridized carbons (Fsp3) is 0.111. The van der Waals surface area contributed by atoms with Gasteiger partial charge in [0.2, 0.25) is 11.8 Å². The second-order valence-electron chi connectivity index (χ2n) is 5.19. The van der Waals surface area contributed by atoms with Crippen LogP contribution in [0, 0.1) is 11.3 Å². The summed E-state index contributed by atoms with van der Waals surface area (Å²) in [6, 6.07) is 16.7. The Hall–Kier alpha value is -3.11. The van der Waals surface area contributed by atoms with Gasteiger partial charge < -0.3 is 9.73 Å². The van der Waals surface area contributed by atoms with Crippen molar-refractivity contribution in [3.63, 3.8) is 0 Å². The molecule has 0 atom stereocenters. The van der Waals surface area contributed by atoms with Gasteiger partial charge in [-0.3, -0.25) is 4.79 Å². The third-order valence-electron chi connectivity index (χ3n) is 3.35. The Morgan fingerprint density at radius 3 is 2.68 bits per heavy atom. The highest BCUT2D eigenvalue weighted by molar-refractivity contribution is 7.98. The topological polar surface area (TPSA) is 91.8 Å². The van der Waals surface area contributed by atoms with E-state index in [1.165, 1.54) is 18.7 Å². The van der Waals surface area contributed by atoms with Gasteiger partial charge in [0.05, 0.1) is 11.6 Å². The van der Waals surface area contributed by atoms with E-state index in [1.54, 1.807) is 30.3 Å². The lowest BCUT2D eigenvalue weighted by Crippen LogP contribution is -2.05. The molecule has 3 aromatic rings. The maximum Gasteiger partial charge on any atom is 0.277 e. The van der Waals surface area contributed by atoms with Crippen LogP contribution in [0.15, 0.2) is 58.2 Å². The SMILES string of the molecule is CC(=O)Nc1ccc(-c2nnc(SCc3ccccc3C#N)o2)cc1. The second kappa shape index (κ2) is 7.64. The summed E-state index contributed by atoms with van der Waals surface area (Å²) in [5.74, 6) is 0.861. The van der Waals surface area contributed by atoms with Crippen molar-refractivity contribution >= 4 is 23.4 Å². The van der Waals surface area contributed by atoms with Crippen LogP contribution in [0.1, 0.15) is 18.1 Å². The number of benzene rings is 2. The lowest BCUT2D eigenvalue weighted by atomic mass is 10.1. The first-order valence-corrected chi connectivity index (χ1v) is 8.46. The van der Waals surface area contributed by atoms with E-state index >= 15 is 0 Å². The maximum absolute atomic E-state index is 11.0. The van der Waals surface area contributed by atoms with Crippen molar-refractivity contribution in [3.05, 3.63) is 59.7 Å². The molecule has 1 heterocycles.